The maximum absolute atomic E-state index is 12.7. The van der Waals surface area contributed by atoms with Gasteiger partial charge in [0.05, 0.1) is 5.69 Å². The van der Waals surface area contributed by atoms with E-state index < -0.39 is 0 Å². The second-order valence-corrected chi connectivity index (χ2v) is 9.64. The number of rotatable bonds is 7. The Hall–Kier alpha value is -2.77. The van der Waals surface area contributed by atoms with E-state index >= 15 is 0 Å². The average molecular weight is 479 g/mol. The van der Waals surface area contributed by atoms with E-state index in [1.54, 1.807) is 12.4 Å². The third-order valence-electron chi connectivity index (χ3n) is 6.95. The molecule has 2 aliphatic rings. The number of anilines is 1. The van der Waals surface area contributed by atoms with Crippen LogP contribution in [0.4, 0.5) is 5.82 Å². The van der Waals surface area contributed by atoms with Crippen LogP contribution in [0.2, 0.25) is 5.15 Å². The number of aromatic nitrogens is 3. The van der Waals surface area contributed by atoms with Crippen LogP contribution in [0.15, 0.2) is 42.9 Å². The molecule has 1 amide bonds. The van der Waals surface area contributed by atoms with Crippen LogP contribution in [-0.2, 0) is 4.79 Å². The van der Waals surface area contributed by atoms with Crippen LogP contribution in [0.3, 0.4) is 0 Å². The van der Waals surface area contributed by atoms with Gasteiger partial charge in [0.15, 0.2) is 0 Å². The van der Waals surface area contributed by atoms with Crippen molar-refractivity contribution in [2.45, 2.75) is 32.1 Å². The maximum Gasteiger partial charge on any atom is 0.223 e. The molecule has 0 saturated carbocycles. The first-order valence-corrected chi connectivity index (χ1v) is 12.7. The monoisotopic (exact) mass is 478 g/mol. The minimum atomic E-state index is 0.0677. The van der Waals surface area contributed by atoms with Gasteiger partial charge in [-0.2, -0.15) is 0 Å². The van der Waals surface area contributed by atoms with Gasteiger partial charge in [0.1, 0.15) is 11.0 Å². The molecule has 0 bridgehead atoms. The molecule has 0 unspecified atom stereocenters. The lowest BCUT2D eigenvalue weighted by atomic mass is 9.95. The number of piperidine rings is 1. The third kappa shape index (κ3) is 5.31. The van der Waals surface area contributed by atoms with Crippen LogP contribution in [0.1, 0.15) is 32.1 Å². The van der Waals surface area contributed by atoms with Crippen LogP contribution >= 0.6 is 11.6 Å². The minimum absolute atomic E-state index is 0.0677. The van der Waals surface area contributed by atoms with E-state index in [4.69, 9.17) is 16.6 Å². The molecule has 5 rings (SSSR count). The number of hydrogen-bond donors (Lipinski definition) is 1. The molecule has 3 aromatic heterocycles. The van der Waals surface area contributed by atoms with Crippen LogP contribution in [0.25, 0.3) is 22.0 Å². The molecule has 34 heavy (non-hydrogen) atoms. The number of carbonyl (C=O) groups excluding carboxylic acids is 1. The molecule has 2 fully saturated rings. The molecular weight excluding hydrogens is 448 g/mol. The summed E-state index contributed by atoms with van der Waals surface area (Å²) in [5.41, 5.74) is 1.77. The number of carbonyl (C=O) groups is 1. The summed E-state index contributed by atoms with van der Waals surface area (Å²) < 4.78 is 0. The van der Waals surface area contributed by atoms with Gasteiger partial charge in [0.25, 0.3) is 0 Å². The quantitative estimate of drug-likeness (QED) is 0.406. The average Bonchev–Trinajstić information content (AvgIpc) is 3.39. The topological polar surface area (TPSA) is 74.2 Å². The molecule has 0 aromatic carbocycles. The fourth-order valence-corrected chi connectivity index (χ4v) is 5.22. The predicted molar refractivity (Wildman–Crippen MR) is 136 cm³/mol. The van der Waals surface area contributed by atoms with E-state index in [0.29, 0.717) is 5.15 Å². The van der Waals surface area contributed by atoms with Crippen LogP contribution in [0.5, 0.6) is 0 Å². The molecule has 0 radical (unpaired) electrons. The van der Waals surface area contributed by atoms with Gasteiger partial charge in [-0.3, -0.25) is 9.78 Å². The first-order chi connectivity index (χ1) is 16.7. The Bertz CT molecular complexity index is 1140. The fourth-order valence-electron chi connectivity index (χ4n) is 5.05. The van der Waals surface area contributed by atoms with Gasteiger partial charge in [-0.25, -0.2) is 9.97 Å². The normalized spacial score (nSPS) is 17.4. The largest absolute Gasteiger partial charge is 0.356 e. The molecule has 7 nitrogen and oxygen atoms in total. The summed E-state index contributed by atoms with van der Waals surface area (Å²) >= 11 is 6.12. The highest BCUT2D eigenvalue weighted by atomic mass is 35.5. The summed E-state index contributed by atoms with van der Waals surface area (Å²) in [6, 6.07) is 7.80. The van der Waals surface area contributed by atoms with E-state index in [9.17, 15) is 4.79 Å². The van der Waals surface area contributed by atoms with Crippen molar-refractivity contribution in [3.8, 4) is 11.3 Å². The molecule has 5 heterocycles. The number of amides is 1. The number of likely N-dealkylation sites (tertiary alicyclic amines) is 1. The van der Waals surface area contributed by atoms with Crippen LogP contribution in [-0.4, -0.2) is 65.0 Å². The lowest BCUT2D eigenvalue weighted by Gasteiger charge is -2.33. The summed E-state index contributed by atoms with van der Waals surface area (Å²) in [6.07, 6.45) is 10.7. The molecule has 1 N–H and O–H groups in total. The Morgan fingerprint density at radius 3 is 2.71 bits per heavy atom. The van der Waals surface area contributed by atoms with Crippen molar-refractivity contribution >= 4 is 34.1 Å². The van der Waals surface area contributed by atoms with Crippen LogP contribution < -0.4 is 10.2 Å². The van der Waals surface area contributed by atoms with Crippen LogP contribution in [0, 0.1) is 5.92 Å². The Labute approximate surface area is 205 Å². The zero-order valence-electron chi connectivity index (χ0n) is 19.4. The first kappa shape index (κ1) is 23.0. The lowest BCUT2D eigenvalue weighted by Crippen LogP contribution is -2.41. The molecule has 178 valence electrons. The molecule has 0 atom stereocenters. The number of nitrogens with one attached hydrogen (secondary N) is 1. The number of pyridine rings is 3. The smallest absolute Gasteiger partial charge is 0.223 e. The molecule has 0 aliphatic carbocycles. The molecule has 0 spiro atoms. The number of halogens is 1. The highest BCUT2D eigenvalue weighted by molar-refractivity contribution is 6.29. The maximum atomic E-state index is 12.7. The Kier molecular flexibility index (Phi) is 7.21. The van der Waals surface area contributed by atoms with Crippen molar-refractivity contribution in [2.24, 2.45) is 5.92 Å². The number of hydrogen-bond acceptors (Lipinski definition) is 6. The van der Waals surface area contributed by atoms with Gasteiger partial charge in [-0.15, -0.1) is 0 Å². The standard InChI is InChI=1S/C26H31ClN6O/c27-24-17-20(4-10-29-24)23-16-21-18-28-9-5-22(21)25(31-23)33-14-6-19(7-15-33)26(34)30-8-3-13-32-11-1-2-12-32/h4-5,9-10,16-19H,1-3,6-8,11-15H2,(H,30,34). The molecule has 2 aliphatic heterocycles. The van der Waals surface area contributed by atoms with Crippen molar-refractivity contribution in [2.75, 3.05) is 44.2 Å². The predicted octanol–water partition coefficient (Wildman–Crippen LogP) is 4.16. The van der Waals surface area contributed by atoms with Crippen molar-refractivity contribution in [1.82, 2.24) is 25.2 Å². The van der Waals surface area contributed by atoms with Gasteiger partial charge in [0, 0.05) is 60.5 Å². The lowest BCUT2D eigenvalue weighted by molar-refractivity contribution is -0.125. The van der Waals surface area contributed by atoms with Gasteiger partial charge in [-0.05, 0) is 76.0 Å². The Balaban J connectivity index is 1.24. The van der Waals surface area contributed by atoms with Gasteiger partial charge in [-0.1, -0.05) is 11.6 Å². The second kappa shape index (κ2) is 10.7. The van der Waals surface area contributed by atoms with Crippen molar-refractivity contribution in [1.29, 1.82) is 0 Å². The first-order valence-electron chi connectivity index (χ1n) is 12.3. The van der Waals surface area contributed by atoms with Gasteiger partial charge < -0.3 is 15.1 Å². The highest BCUT2D eigenvalue weighted by Gasteiger charge is 2.26. The van der Waals surface area contributed by atoms with E-state index in [2.05, 4.69) is 25.1 Å². The van der Waals surface area contributed by atoms with E-state index in [-0.39, 0.29) is 11.8 Å². The summed E-state index contributed by atoms with van der Waals surface area (Å²) in [4.78, 5) is 30.9. The zero-order valence-corrected chi connectivity index (χ0v) is 20.2. The highest BCUT2D eigenvalue weighted by Crippen LogP contribution is 2.32. The minimum Gasteiger partial charge on any atom is -0.356 e. The van der Waals surface area contributed by atoms with E-state index in [1.807, 2.05) is 30.5 Å². The van der Waals surface area contributed by atoms with E-state index in [1.165, 1.54) is 25.9 Å². The van der Waals surface area contributed by atoms with Crippen molar-refractivity contribution in [3.05, 3.63) is 48.0 Å². The van der Waals surface area contributed by atoms with Gasteiger partial charge >= 0.3 is 0 Å². The SMILES string of the molecule is O=C(NCCCN1CCCC1)C1CCN(c2nc(-c3ccnc(Cl)c3)cc3cnccc23)CC1. The van der Waals surface area contributed by atoms with E-state index in [0.717, 1.165) is 73.3 Å². The Morgan fingerprint density at radius 2 is 1.91 bits per heavy atom. The zero-order chi connectivity index (χ0) is 23.3. The van der Waals surface area contributed by atoms with Gasteiger partial charge in [0.2, 0.25) is 5.91 Å². The summed E-state index contributed by atoms with van der Waals surface area (Å²) in [6.45, 7) is 5.88. The molecular formula is C26H31ClN6O. The molecule has 3 aromatic rings. The van der Waals surface area contributed by atoms with Crippen molar-refractivity contribution in [3.63, 3.8) is 0 Å². The third-order valence-corrected chi connectivity index (χ3v) is 7.15. The summed E-state index contributed by atoms with van der Waals surface area (Å²) in [7, 11) is 0. The summed E-state index contributed by atoms with van der Waals surface area (Å²) in [5, 5.41) is 5.72. The number of fused-ring (bicyclic) bond motifs is 1. The molecule has 8 heteroatoms. The van der Waals surface area contributed by atoms with Crippen molar-refractivity contribution < 1.29 is 4.79 Å². The number of nitrogens with zero attached hydrogens (tertiary/aromatic N) is 5. The summed E-state index contributed by atoms with van der Waals surface area (Å²) in [5.74, 6) is 1.20. The second-order valence-electron chi connectivity index (χ2n) is 9.25. The Morgan fingerprint density at radius 1 is 1.09 bits per heavy atom. The molecule has 2 saturated heterocycles. The fraction of sp³-hybridized carbons (Fsp3) is 0.462.